The first-order valence-corrected chi connectivity index (χ1v) is 12.1. The van der Waals surface area contributed by atoms with Gasteiger partial charge in [0.15, 0.2) is 0 Å². The van der Waals surface area contributed by atoms with Crippen molar-refractivity contribution in [3.8, 4) is 0 Å². The minimum atomic E-state index is -4.64. The third kappa shape index (κ3) is 8.80. The van der Waals surface area contributed by atoms with E-state index in [-0.39, 0.29) is 11.1 Å². The van der Waals surface area contributed by atoms with E-state index in [1.54, 1.807) is 18.2 Å². The molecular weight excluding hydrogens is 495 g/mol. The Morgan fingerprint density at radius 1 is 1.16 bits per heavy atom. The Morgan fingerprint density at radius 3 is 2.45 bits per heavy atom. The summed E-state index contributed by atoms with van der Waals surface area (Å²) < 4.78 is 45.9. The number of carbonyl (C=O) groups excluding carboxylic acids is 1. The van der Waals surface area contributed by atoms with Gasteiger partial charge in [-0.2, -0.15) is 13.2 Å². The molecule has 2 aromatic carbocycles. The van der Waals surface area contributed by atoms with Gasteiger partial charge in [0.2, 0.25) is 0 Å². The van der Waals surface area contributed by atoms with Crippen LogP contribution in [0.4, 0.5) is 13.2 Å². The second-order valence-corrected chi connectivity index (χ2v) is 8.47. The maximum atomic E-state index is 13.3. The van der Waals surface area contributed by atoms with E-state index >= 15 is 0 Å². The number of allylic oxidation sites excluding steroid dienone is 5. The molecule has 8 heteroatoms. The maximum absolute atomic E-state index is 13.3. The molecule has 5 nitrogen and oxygen atoms in total. The van der Waals surface area contributed by atoms with Crippen molar-refractivity contribution < 1.29 is 32.6 Å². The molecule has 1 atom stereocenters. The molecule has 0 radical (unpaired) electrons. The van der Waals surface area contributed by atoms with E-state index in [0.29, 0.717) is 22.8 Å². The van der Waals surface area contributed by atoms with Crippen LogP contribution < -0.4 is 15.8 Å². The van der Waals surface area contributed by atoms with Gasteiger partial charge in [0.1, 0.15) is 18.4 Å². The Kier molecular flexibility index (Phi) is 11.1. The monoisotopic (exact) mass is 527 g/mol. The lowest BCUT2D eigenvalue weighted by atomic mass is 9.99. The Balaban J connectivity index is 2.21. The van der Waals surface area contributed by atoms with E-state index in [9.17, 15) is 27.9 Å². The molecule has 0 saturated heterocycles. The zero-order valence-corrected chi connectivity index (χ0v) is 21.6. The van der Waals surface area contributed by atoms with E-state index in [2.05, 4.69) is 11.9 Å². The highest BCUT2D eigenvalue weighted by molar-refractivity contribution is 5.96. The molecular formula is C30H32F3NO4. The number of hydrogen-bond acceptors (Lipinski definition) is 3. The van der Waals surface area contributed by atoms with Crippen molar-refractivity contribution >= 4 is 24.5 Å². The fourth-order valence-electron chi connectivity index (χ4n) is 3.56. The largest absolute Gasteiger partial charge is 0.490 e. The van der Waals surface area contributed by atoms with Crippen LogP contribution in [0.1, 0.15) is 48.7 Å². The summed E-state index contributed by atoms with van der Waals surface area (Å²) in [4.78, 5) is 24.5. The van der Waals surface area contributed by atoms with Crippen LogP contribution in [-0.4, -0.2) is 29.6 Å². The summed E-state index contributed by atoms with van der Waals surface area (Å²) in [5.41, 5.74) is 0.0866. The van der Waals surface area contributed by atoms with Crippen molar-refractivity contribution in [3.05, 3.63) is 105 Å². The van der Waals surface area contributed by atoms with Gasteiger partial charge in [-0.3, -0.25) is 4.79 Å². The standard InChI is InChI=1S/C30H32F3NO4/c1-5-8-11-21(6-2)19-38-25(7-3)17-22-14-15-24(16-20(22)4)28(35)34-27(29(36)37)18-23-12-9-10-13-26(23)30(31,32)33/h5,7-17,27H,4,6,18-19H2,1-3H3,(H,34,35)(H,36,37)/b8-5-,21-11+,22-17-,25-7+. The van der Waals surface area contributed by atoms with E-state index in [0.717, 1.165) is 18.1 Å². The van der Waals surface area contributed by atoms with Crippen LogP contribution in [0.5, 0.6) is 0 Å². The topological polar surface area (TPSA) is 75.6 Å². The van der Waals surface area contributed by atoms with Gasteiger partial charge in [-0.15, -0.1) is 0 Å². The molecule has 38 heavy (non-hydrogen) atoms. The predicted molar refractivity (Wildman–Crippen MR) is 143 cm³/mol. The van der Waals surface area contributed by atoms with Crippen LogP contribution in [0.2, 0.25) is 0 Å². The lowest BCUT2D eigenvalue weighted by molar-refractivity contribution is -0.141. The fourth-order valence-corrected chi connectivity index (χ4v) is 3.56. The Bertz CT molecular complexity index is 1340. The minimum absolute atomic E-state index is 0.132. The summed E-state index contributed by atoms with van der Waals surface area (Å²) in [6, 6.07) is 7.76. The Morgan fingerprint density at radius 2 is 1.87 bits per heavy atom. The first-order chi connectivity index (χ1) is 18.0. The molecule has 0 aliphatic rings. The number of carboxylic acids is 1. The predicted octanol–water partition coefficient (Wildman–Crippen LogP) is 5.15. The zero-order valence-electron chi connectivity index (χ0n) is 21.6. The smallest absolute Gasteiger partial charge is 0.416 e. The van der Waals surface area contributed by atoms with E-state index < -0.39 is 36.1 Å². The van der Waals surface area contributed by atoms with Crippen molar-refractivity contribution in [3.63, 3.8) is 0 Å². The van der Waals surface area contributed by atoms with Gasteiger partial charge in [-0.1, -0.05) is 56.0 Å². The molecule has 2 aromatic rings. The van der Waals surface area contributed by atoms with Crippen LogP contribution in [0, 0.1) is 0 Å². The molecule has 1 unspecified atom stereocenters. The molecule has 0 aromatic heterocycles. The molecule has 0 bridgehead atoms. The summed E-state index contributed by atoms with van der Waals surface area (Å²) in [7, 11) is 0. The molecule has 0 spiro atoms. The van der Waals surface area contributed by atoms with Gasteiger partial charge >= 0.3 is 12.1 Å². The number of amides is 1. The third-order valence-electron chi connectivity index (χ3n) is 5.74. The molecule has 0 saturated carbocycles. The highest BCUT2D eigenvalue weighted by atomic mass is 19.4. The fraction of sp³-hybridized carbons (Fsp3) is 0.267. The molecule has 2 rings (SSSR count). The molecule has 0 fully saturated rings. The van der Waals surface area contributed by atoms with Crippen molar-refractivity contribution in [2.45, 2.75) is 45.8 Å². The number of aliphatic carboxylic acids is 1. The number of ether oxygens (including phenoxy) is 1. The summed E-state index contributed by atoms with van der Waals surface area (Å²) >= 11 is 0. The summed E-state index contributed by atoms with van der Waals surface area (Å²) in [6.45, 7) is 10.2. The molecule has 202 valence electrons. The van der Waals surface area contributed by atoms with Crippen molar-refractivity contribution in [2.75, 3.05) is 6.61 Å². The molecule has 0 aliphatic carbocycles. The van der Waals surface area contributed by atoms with Gasteiger partial charge in [0.05, 0.1) is 5.56 Å². The summed E-state index contributed by atoms with van der Waals surface area (Å²) in [6.07, 6.45) is 5.14. The molecule has 0 heterocycles. The molecule has 2 N–H and O–H groups in total. The number of hydrogen-bond donors (Lipinski definition) is 2. The minimum Gasteiger partial charge on any atom is -0.490 e. The lowest BCUT2D eigenvalue weighted by Crippen LogP contribution is -2.43. The van der Waals surface area contributed by atoms with E-state index in [1.807, 2.05) is 39.0 Å². The highest BCUT2D eigenvalue weighted by Gasteiger charge is 2.34. The Labute approximate surface area is 220 Å². The highest BCUT2D eigenvalue weighted by Crippen LogP contribution is 2.32. The SMILES string of the molecule is C=c1cc(C(=O)NC(Cc2ccccc2C(F)(F)F)C(=O)O)cc/c1=C/C(=C\C)OC/C(=C/C=C\C)CC. The number of benzene rings is 2. The average molecular weight is 528 g/mol. The third-order valence-corrected chi connectivity index (χ3v) is 5.74. The Hall–Kier alpha value is -4.07. The summed E-state index contributed by atoms with van der Waals surface area (Å²) in [5.74, 6) is -1.57. The van der Waals surface area contributed by atoms with Gasteiger partial charge in [0.25, 0.3) is 5.91 Å². The number of carboxylic acid groups (broad SMARTS) is 1. The van der Waals surface area contributed by atoms with Gasteiger partial charge in [-0.25, -0.2) is 4.79 Å². The number of alkyl halides is 3. The molecule has 1 amide bonds. The van der Waals surface area contributed by atoms with Crippen molar-refractivity contribution in [1.29, 1.82) is 0 Å². The quantitative estimate of drug-likeness (QED) is 0.313. The zero-order chi connectivity index (χ0) is 28.3. The second kappa shape index (κ2) is 14.0. The number of nitrogens with one attached hydrogen (secondary N) is 1. The average Bonchev–Trinajstić information content (AvgIpc) is 2.88. The summed E-state index contributed by atoms with van der Waals surface area (Å²) in [5, 5.41) is 13.1. The van der Waals surface area contributed by atoms with Crippen LogP contribution >= 0.6 is 0 Å². The van der Waals surface area contributed by atoms with Crippen LogP contribution in [0.15, 0.2) is 78.1 Å². The first-order valence-electron chi connectivity index (χ1n) is 12.1. The van der Waals surface area contributed by atoms with Crippen molar-refractivity contribution in [2.24, 2.45) is 0 Å². The van der Waals surface area contributed by atoms with Crippen molar-refractivity contribution in [1.82, 2.24) is 5.32 Å². The first kappa shape index (κ1) is 30.2. The lowest BCUT2D eigenvalue weighted by Gasteiger charge is -2.18. The van der Waals surface area contributed by atoms with Gasteiger partial charge < -0.3 is 15.2 Å². The normalized spacial score (nSPS) is 14.0. The van der Waals surface area contributed by atoms with Crippen LogP contribution in [0.3, 0.4) is 0 Å². The number of carbonyl (C=O) groups is 2. The van der Waals surface area contributed by atoms with Gasteiger partial charge in [-0.05, 0) is 72.2 Å². The number of rotatable bonds is 11. The maximum Gasteiger partial charge on any atom is 0.416 e. The van der Waals surface area contributed by atoms with Crippen LogP contribution in [0.25, 0.3) is 12.7 Å². The van der Waals surface area contributed by atoms with Crippen LogP contribution in [-0.2, 0) is 22.1 Å². The number of halogens is 3. The van der Waals surface area contributed by atoms with E-state index in [4.69, 9.17) is 4.74 Å². The molecule has 0 aliphatic heterocycles. The second-order valence-electron chi connectivity index (χ2n) is 8.47. The van der Waals surface area contributed by atoms with E-state index in [1.165, 1.54) is 30.3 Å². The van der Waals surface area contributed by atoms with Gasteiger partial charge in [0, 0.05) is 12.0 Å².